The summed E-state index contributed by atoms with van der Waals surface area (Å²) in [4.78, 5) is 3.90. The van der Waals surface area contributed by atoms with Crippen LogP contribution in [0.5, 0.6) is 0 Å². The molecule has 0 saturated heterocycles. The molecule has 0 amide bonds. The summed E-state index contributed by atoms with van der Waals surface area (Å²) < 4.78 is 23.7. The lowest BCUT2D eigenvalue weighted by atomic mass is 10.3. The summed E-state index contributed by atoms with van der Waals surface area (Å²) in [6.07, 6.45) is 4.95. The van der Waals surface area contributed by atoms with Gasteiger partial charge in [-0.1, -0.05) is 0 Å². The molecule has 0 aliphatic carbocycles. The number of rotatable bonds is 3. The highest BCUT2D eigenvalue weighted by Gasteiger charge is 2.12. The summed E-state index contributed by atoms with van der Waals surface area (Å²) in [5.74, 6) is -0.204. The lowest BCUT2D eigenvalue weighted by Gasteiger charge is -1.98. The van der Waals surface area contributed by atoms with E-state index in [1.807, 2.05) is 0 Å². The van der Waals surface area contributed by atoms with Crippen LogP contribution >= 0.6 is 0 Å². The second kappa shape index (κ2) is 4.27. The number of hydrogen-bond donors (Lipinski definition) is 1. The molecule has 2 rings (SSSR count). The van der Waals surface area contributed by atoms with E-state index in [1.54, 1.807) is 42.3 Å². The van der Waals surface area contributed by atoms with Gasteiger partial charge in [-0.2, -0.15) is 5.10 Å². The molecule has 2 N–H and O–H groups in total. The van der Waals surface area contributed by atoms with Crippen molar-refractivity contribution in [3.05, 3.63) is 42.0 Å². The van der Waals surface area contributed by atoms with Crippen molar-refractivity contribution in [3.8, 4) is 5.69 Å². The Balaban J connectivity index is 2.38. The lowest BCUT2D eigenvalue weighted by molar-refractivity contribution is 0.597. The number of nitrogens with two attached hydrogens (primary N) is 1. The van der Waals surface area contributed by atoms with E-state index in [1.165, 1.54) is 0 Å². The number of sulfonamides is 1. The molecule has 7 heteroatoms. The smallest absolute Gasteiger partial charge is 0.213 e. The van der Waals surface area contributed by atoms with E-state index < -0.39 is 10.0 Å². The molecule has 6 nitrogen and oxygen atoms in total. The van der Waals surface area contributed by atoms with Crippen LogP contribution in [-0.4, -0.2) is 23.2 Å². The minimum absolute atomic E-state index is 0.204. The van der Waals surface area contributed by atoms with E-state index >= 15 is 0 Å². The third-order valence-corrected chi connectivity index (χ3v) is 3.00. The van der Waals surface area contributed by atoms with Gasteiger partial charge >= 0.3 is 0 Å². The molecular weight excluding hydrogens is 240 g/mol. The Morgan fingerprint density at radius 1 is 1.35 bits per heavy atom. The molecule has 0 unspecified atom stereocenters. The molecule has 0 aliphatic rings. The molecule has 0 atom stereocenters. The highest BCUT2D eigenvalue weighted by molar-refractivity contribution is 7.88. The van der Waals surface area contributed by atoms with Crippen molar-refractivity contribution in [1.29, 1.82) is 0 Å². The highest BCUT2D eigenvalue weighted by atomic mass is 32.2. The number of primary sulfonamides is 1. The van der Waals surface area contributed by atoms with Crippen LogP contribution in [0, 0.1) is 6.92 Å². The van der Waals surface area contributed by atoms with Gasteiger partial charge in [0.2, 0.25) is 10.0 Å². The second-order valence-electron chi connectivity index (χ2n) is 3.70. The van der Waals surface area contributed by atoms with E-state index in [9.17, 15) is 8.42 Å². The van der Waals surface area contributed by atoms with E-state index in [4.69, 9.17) is 5.14 Å². The fourth-order valence-electron chi connectivity index (χ4n) is 1.48. The Labute approximate surface area is 99.1 Å². The van der Waals surface area contributed by atoms with Crippen molar-refractivity contribution in [3.63, 3.8) is 0 Å². The van der Waals surface area contributed by atoms with Crippen LogP contribution < -0.4 is 5.14 Å². The normalized spacial score (nSPS) is 11.6. The first kappa shape index (κ1) is 11.7. The van der Waals surface area contributed by atoms with Gasteiger partial charge < -0.3 is 0 Å². The topological polar surface area (TPSA) is 90.9 Å². The van der Waals surface area contributed by atoms with Gasteiger partial charge in [0, 0.05) is 24.2 Å². The molecule has 0 aromatic carbocycles. The summed E-state index contributed by atoms with van der Waals surface area (Å²) >= 11 is 0. The van der Waals surface area contributed by atoms with Crippen LogP contribution in [0.2, 0.25) is 0 Å². The van der Waals surface area contributed by atoms with E-state index in [0.29, 0.717) is 11.3 Å². The molecule has 0 radical (unpaired) electrons. The van der Waals surface area contributed by atoms with E-state index in [0.717, 1.165) is 5.69 Å². The number of pyridine rings is 1. The third kappa shape index (κ3) is 2.89. The van der Waals surface area contributed by atoms with Gasteiger partial charge in [-0.15, -0.1) is 0 Å². The predicted octanol–water partition coefficient (Wildman–Crippen LogP) is 0.364. The highest BCUT2D eigenvalue weighted by Crippen LogP contribution is 2.12. The monoisotopic (exact) mass is 252 g/mol. The first-order valence-corrected chi connectivity index (χ1v) is 6.63. The van der Waals surface area contributed by atoms with Crippen LogP contribution in [0.25, 0.3) is 5.69 Å². The average molecular weight is 252 g/mol. The van der Waals surface area contributed by atoms with Crippen molar-refractivity contribution >= 4 is 10.0 Å². The molecule has 0 bridgehead atoms. The molecule has 0 spiro atoms. The lowest BCUT2D eigenvalue weighted by Crippen LogP contribution is -2.14. The molecule has 0 aliphatic heterocycles. The van der Waals surface area contributed by atoms with Gasteiger partial charge in [0.25, 0.3) is 0 Å². The van der Waals surface area contributed by atoms with Crippen molar-refractivity contribution < 1.29 is 8.42 Å². The zero-order chi connectivity index (χ0) is 12.5. The Kier molecular flexibility index (Phi) is 2.95. The minimum atomic E-state index is -3.53. The summed E-state index contributed by atoms with van der Waals surface area (Å²) in [7, 11) is -3.53. The summed E-state index contributed by atoms with van der Waals surface area (Å²) in [5.41, 5.74) is 2.07. The van der Waals surface area contributed by atoms with Crippen molar-refractivity contribution in [2.75, 3.05) is 0 Å². The molecule has 90 valence electrons. The van der Waals surface area contributed by atoms with Crippen molar-refractivity contribution in [1.82, 2.24) is 14.8 Å². The van der Waals surface area contributed by atoms with Crippen molar-refractivity contribution in [2.45, 2.75) is 12.7 Å². The molecule has 2 aromatic rings. The molecule has 2 aromatic heterocycles. The van der Waals surface area contributed by atoms with Crippen LogP contribution in [-0.2, 0) is 15.8 Å². The van der Waals surface area contributed by atoms with Crippen molar-refractivity contribution in [2.24, 2.45) is 5.14 Å². The molecule has 0 saturated carbocycles. The van der Waals surface area contributed by atoms with Gasteiger partial charge in [0.05, 0.1) is 17.1 Å². The molecule has 0 fully saturated rings. The van der Waals surface area contributed by atoms with E-state index in [-0.39, 0.29) is 5.75 Å². The Bertz CT molecular complexity index is 619. The molecular formula is C10H12N4O2S. The first-order chi connectivity index (χ1) is 7.96. The summed E-state index contributed by atoms with van der Waals surface area (Å²) in [6, 6.07) is 3.57. The van der Waals surface area contributed by atoms with Gasteiger partial charge in [-0.25, -0.2) is 18.2 Å². The first-order valence-electron chi connectivity index (χ1n) is 4.92. The number of hydrogen-bond acceptors (Lipinski definition) is 4. The SMILES string of the molecule is Cc1nn(-c2ccncc2)cc1CS(N)(=O)=O. The number of aromatic nitrogens is 3. The average Bonchev–Trinajstić information content (AvgIpc) is 2.59. The third-order valence-electron chi connectivity index (χ3n) is 2.28. The predicted molar refractivity (Wildman–Crippen MR) is 62.9 cm³/mol. The Hall–Kier alpha value is -1.73. The zero-order valence-corrected chi connectivity index (χ0v) is 10.1. The largest absolute Gasteiger partial charge is 0.265 e. The van der Waals surface area contributed by atoms with Gasteiger partial charge in [-0.05, 0) is 19.1 Å². The summed E-state index contributed by atoms with van der Waals surface area (Å²) in [5, 5.41) is 9.24. The van der Waals surface area contributed by atoms with Gasteiger partial charge in [-0.3, -0.25) is 4.98 Å². The number of nitrogens with zero attached hydrogens (tertiary/aromatic N) is 3. The maximum absolute atomic E-state index is 11.0. The van der Waals surface area contributed by atoms with Gasteiger partial charge in [0.15, 0.2) is 0 Å². The maximum Gasteiger partial charge on any atom is 0.213 e. The van der Waals surface area contributed by atoms with Crippen LogP contribution in [0.3, 0.4) is 0 Å². The van der Waals surface area contributed by atoms with Crippen LogP contribution in [0.1, 0.15) is 11.3 Å². The summed E-state index contributed by atoms with van der Waals surface area (Å²) in [6.45, 7) is 1.75. The maximum atomic E-state index is 11.0. The fourth-order valence-corrected chi connectivity index (χ4v) is 2.20. The Morgan fingerprint density at radius 3 is 2.59 bits per heavy atom. The molecule has 17 heavy (non-hydrogen) atoms. The molecule has 2 heterocycles. The number of aryl methyl sites for hydroxylation is 1. The fraction of sp³-hybridized carbons (Fsp3) is 0.200. The minimum Gasteiger partial charge on any atom is -0.265 e. The van der Waals surface area contributed by atoms with Crippen LogP contribution in [0.4, 0.5) is 0 Å². The zero-order valence-electron chi connectivity index (χ0n) is 9.24. The quantitative estimate of drug-likeness (QED) is 0.854. The Morgan fingerprint density at radius 2 is 2.00 bits per heavy atom. The van der Waals surface area contributed by atoms with Gasteiger partial charge in [0.1, 0.15) is 0 Å². The van der Waals surface area contributed by atoms with Crippen LogP contribution in [0.15, 0.2) is 30.7 Å². The standard InChI is InChI=1S/C10H12N4O2S/c1-8-9(7-17(11,15)16)6-14(13-8)10-2-4-12-5-3-10/h2-6H,7H2,1H3,(H2,11,15,16). The second-order valence-corrected chi connectivity index (χ2v) is 5.31. The van der Waals surface area contributed by atoms with E-state index in [2.05, 4.69) is 10.1 Å².